The highest BCUT2D eigenvalue weighted by atomic mass is 15.1. The van der Waals surface area contributed by atoms with Crippen LogP contribution in [0.15, 0.2) is 24.7 Å². The molecule has 2 aromatic heterocycles. The number of aromatic nitrogens is 3. The Labute approximate surface area is 53.2 Å². The Kier molecular flexibility index (Phi) is 0.621. The second-order valence-electron chi connectivity index (χ2n) is 1.78. The average Bonchev–Trinajstić information content (AvgIpc) is 2.27. The van der Waals surface area contributed by atoms with Crippen molar-refractivity contribution in [1.82, 2.24) is 15.2 Å². The summed E-state index contributed by atoms with van der Waals surface area (Å²) in [4.78, 5) is 3.87. The first-order valence-corrected chi connectivity index (χ1v) is 2.65. The number of rotatable bonds is 0. The average molecular weight is 120 g/mol. The predicted molar refractivity (Wildman–Crippen MR) is 33.9 cm³/mol. The van der Waals surface area contributed by atoms with Crippen molar-refractivity contribution in [2.24, 2.45) is 0 Å². The molecule has 0 radical (unpaired) electrons. The summed E-state index contributed by atoms with van der Waals surface area (Å²) < 4.78 is 7.10. The van der Waals surface area contributed by atoms with Gasteiger partial charge < -0.3 is 0 Å². The molecular weight excluding hydrogens is 114 g/mol. The third-order valence-corrected chi connectivity index (χ3v) is 1.20. The summed E-state index contributed by atoms with van der Waals surface area (Å²) in [7, 11) is 0. The highest BCUT2D eigenvalue weighted by Gasteiger charge is 1.89. The van der Waals surface area contributed by atoms with Crippen LogP contribution in [0.5, 0.6) is 0 Å². The van der Waals surface area contributed by atoms with E-state index in [2.05, 4.69) is 10.1 Å². The molecule has 0 aliphatic heterocycles. The van der Waals surface area contributed by atoms with Gasteiger partial charge in [0.1, 0.15) is 5.52 Å². The van der Waals surface area contributed by atoms with Crippen LogP contribution in [0, 0.1) is 0 Å². The molecule has 0 saturated heterocycles. The molecule has 0 bridgehead atoms. The van der Waals surface area contributed by atoms with Crippen LogP contribution in [0.3, 0.4) is 0 Å². The molecule has 0 spiro atoms. The Balaban J connectivity index is 2.88. The van der Waals surface area contributed by atoms with Gasteiger partial charge in [-0.2, -0.15) is 5.10 Å². The molecule has 0 aliphatic rings. The highest BCUT2D eigenvalue weighted by Crippen LogP contribution is 2.04. The number of pyridine rings is 1. The molecule has 2 heterocycles. The van der Waals surface area contributed by atoms with Gasteiger partial charge in [-0.05, 0) is 6.07 Å². The van der Waals surface area contributed by atoms with E-state index in [9.17, 15) is 0 Å². The zero-order chi connectivity index (χ0) is 6.97. The van der Waals surface area contributed by atoms with E-state index < -0.39 is 0 Å². The molecule has 0 aliphatic carbocycles. The van der Waals surface area contributed by atoms with E-state index in [1.54, 1.807) is 18.6 Å². The van der Waals surface area contributed by atoms with Crippen molar-refractivity contribution in [3.05, 3.63) is 24.7 Å². The van der Waals surface area contributed by atoms with Crippen molar-refractivity contribution in [1.29, 1.82) is 0 Å². The van der Waals surface area contributed by atoms with E-state index in [4.69, 9.17) is 1.41 Å². The van der Waals surface area contributed by atoms with E-state index in [0.717, 1.165) is 16.0 Å². The molecule has 1 N–H and O–H groups in total. The highest BCUT2D eigenvalue weighted by molar-refractivity contribution is 5.76. The summed E-state index contributed by atoms with van der Waals surface area (Å²) in [6, 6.07) is 1.83. The molecule has 44 valence electrons. The topological polar surface area (TPSA) is 41.6 Å². The smallest absolute Gasteiger partial charge is 0.189 e. The van der Waals surface area contributed by atoms with E-state index in [-0.39, 0.29) is 0 Å². The molecule has 0 atom stereocenters. The maximum Gasteiger partial charge on any atom is 0.189 e. The summed E-state index contributed by atoms with van der Waals surface area (Å²) >= 11 is 0. The molecule has 0 aromatic carbocycles. The molecular formula is C6H5N3. The molecule has 9 heavy (non-hydrogen) atoms. The van der Waals surface area contributed by atoms with Crippen molar-refractivity contribution < 1.29 is 1.41 Å². The maximum absolute atomic E-state index is 7.10. The van der Waals surface area contributed by atoms with Crippen LogP contribution in [0.4, 0.5) is 0 Å². The number of hydrogen-bond acceptors (Lipinski definition) is 2. The monoisotopic (exact) mass is 120 g/mol. The summed E-state index contributed by atoms with van der Waals surface area (Å²) in [5.41, 5.74) is 0.762. The van der Waals surface area contributed by atoms with Gasteiger partial charge in [0.05, 0.1) is 6.20 Å². The number of fused-ring (bicyclic) bond motifs is 1. The van der Waals surface area contributed by atoms with E-state index >= 15 is 0 Å². The first kappa shape index (κ1) is 3.61. The lowest BCUT2D eigenvalue weighted by molar-refractivity contribution is 1.11. The Morgan fingerprint density at radius 1 is 1.67 bits per heavy atom. The Morgan fingerprint density at radius 2 is 2.67 bits per heavy atom. The number of aromatic amines is 1. The van der Waals surface area contributed by atoms with E-state index in [0.29, 0.717) is 0 Å². The van der Waals surface area contributed by atoms with Crippen molar-refractivity contribution in [2.75, 3.05) is 0 Å². The third kappa shape index (κ3) is 0.579. The molecule has 0 unspecified atom stereocenters. The molecule has 3 heteroatoms. The number of nitrogens with zero attached hydrogens (tertiary/aromatic N) is 2. The Morgan fingerprint density at radius 3 is 3.56 bits per heavy atom. The van der Waals surface area contributed by atoms with Gasteiger partial charge in [-0.15, -0.1) is 0 Å². The summed E-state index contributed by atoms with van der Waals surface area (Å²) in [5, 5.41) is 5.82. The Hall–Kier alpha value is -1.38. The Bertz CT molecular complexity index is 322. The van der Waals surface area contributed by atoms with Crippen molar-refractivity contribution >= 4 is 10.9 Å². The number of nitrogens with one attached hydrogen (secondary N) is 1. The largest absolute Gasteiger partial charge is 0.284 e. The third-order valence-electron chi connectivity index (χ3n) is 1.20. The summed E-state index contributed by atoms with van der Waals surface area (Å²) in [5.74, 6) is 0. The fraction of sp³-hybridized carbons (Fsp3) is 0. The zero-order valence-electron chi connectivity index (χ0n) is 5.65. The number of hydrogen-bond donors (Lipinski definition) is 1. The van der Waals surface area contributed by atoms with Gasteiger partial charge in [0.15, 0.2) is 1.41 Å². The maximum atomic E-state index is 7.10. The van der Waals surface area contributed by atoms with Gasteiger partial charge in [-0.1, -0.05) is 0 Å². The lowest BCUT2D eigenvalue weighted by Gasteiger charge is -1.79. The summed E-state index contributed by atoms with van der Waals surface area (Å²) in [6.07, 6.45) is 4.96. The second-order valence-corrected chi connectivity index (χ2v) is 1.78. The zero-order valence-corrected chi connectivity index (χ0v) is 4.65. The lowest BCUT2D eigenvalue weighted by Crippen LogP contribution is -1.69. The van der Waals surface area contributed by atoms with Gasteiger partial charge in [-0.3, -0.25) is 10.1 Å². The van der Waals surface area contributed by atoms with E-state index in [1.807, 2.05) is 6.07 Å². The SMILES string of the molecule is [2H]n1cc2ccncc2n1. The predicted octanol–water partition coefficient (Wildman–Crippen LogP) is 0.958. The second kappa shape index (κ2) is 1.55. The lowest BCUT2D eigenvalue weighted by atomic mass is 10.3. The normalized spacial score (nSPS) is 11.8. The molecule has 0 amide bonds. The van der Waals surface area contributed by atoms with Crippen LogP contribution >= 0.6 is 0 Å². The van der Waals surface area contributed by atoms with Crippen molar-refractivity contribution in [3.63, 3.8) is 0 Å². The first-order valence-electron chi connectivity index (χ1n) is 3.09. The fourth-order valence-corrected chi connectivity index (χ4v) is 0.743. The van der Waals surface area contributed by atoms with Gasteiger partial charge >= 0.3 is 0 Å². The van der Waals surface area contributed by atoms with Crippen molar-refractivity contribution in [2.45, 2.75) is 0 Å². The van der Waals surface area contributed by atoms with Crippen LogP contribution in [0.25, 0.3) is 10.9 Å². The minimum absolute atomic E-state index is 0.762. The molecule has 2 rings (SSSR count). The van der Waals surface area contributed by atoms with Crippen LogP contribution in [0.1, 0.15) is 0 Å². The van der Waals surface area contributed by atoms with Gasteiger partial charge in [0, 0.05) is 17.8 Å². The molecule has 2 aromatic rings. The van der Waals surface area contributed by atoms with Crippen LogP contribution in [0.2, 0.25) is 1.41 Å². The fourth-order valence-electron chi connectivity index (χ4n) is 0.743. The van der Waals surface area contributed by atoms with Gasteiger partial charge in [0.2, 0.25) is 0 Å². The molecule has 3 nitrogen and oxygen atoms in total. The van der Waals surface area contributed by atoms with Gasteiger partial charge in [0.25, 0.3) is 0 Å². The minimum Gasteiger partial charge on any atom is -0.284 e. The van der Waals surface area contributed by atoms with Gasteiger partial charge in [-0.25, -0.2) is 0 Å². The standard InChI is InChI=1S/C6H5N3/c1-2-7-4-6-5(1)3-8-9-6/h1-4H,(H,8,9)/i/hD. The van der Waals surface area contributed by atoms with Crippen molar-refractivity contribution in [3.8, 4) is 0 Å². The minimum atomic E-state index is 0.762. The molecule has 0 saturated carbocycles. The quantitative estimate of drug-likeness (QED) is 0.562. The van der Waals surface area contributed by atoms with Crippen LogP contribution in [-0.4, -0.2) is 15.2 Å². The van der Waals surface area contributed by atoms with Crippen LogP contribution in [-0.2, 0) is 0 Å². The summed E-state index contributed by atoms with van der Waals surface area (Å²) in [6.45, 7) is 0. The first-order chi connectivity index (χ1) is 4.86. The molecule has 0 fully saturated rings. The van der Waals surface area contributed by atoms with E-state index in [1.165, 1.54) is 0 Å². The van der Waals surface area contributed by atoms with Crippen LogP contribution < -0.4 is 0 Å². The number of H-pyrrole nitrogens is 1.